The third-order valence-corrected chi connectivity index (χ3v) is 3.55. The van der Waals surface area contributed by atoms with Crippen LogP contribution in [0, 0.1) is 0 Å². The summed E-state index contributed by atoms with van der Waals surface area (Å²) in [6.45, 7) is 3.26. The molecule has 0 aromatic heterocycles. The van der Waals surface area contributed by atoms with Crippen molar-refractivity contribution in [2.45, 2.75) is 32.4 Å². The molecule has 0 aliphatic carbocycles. The van der Waals surface area contributed by atoms with Gasteiger partial charge in [0.25, 0.3) is 0 Å². The van der Waals surface area contributed by atoms with E-state index in [0.717, 1.165) is 6.54 Å². The van der Waals surface area contributed by atoms with Crippen LogP contribution in [0.15, 0.2) is 60.7 Å². The molecule has 2 aromatic rings. The van der Waals surface area contributed by atoms with Gasteiger partial charge in [-0.05, 0) is 24.6 Å². The predicted octanol–water partition coefficient (Wildman–Crippen LogP) is 4.66. The van der Waals surface area contributed by atoms with E-state index in [4.69, 9.17) is 0 Å². The zero-order chi connectivity index (χ0) is 13.5. The van der Waals surface area contributed by atoms with Crippen LogP contribution in [0.2, 0.25) is 0 Å². The fourth-order valence-electron chi connectivity index (χ4n) is 2.57. The van der Waals surface area contributed by atoms with E-state index in [1.807, 2.05) is 0 Å². The Morgan fingerprint density at radius 2 is 1.47 bits per heavy atom. The van der Waals surface area contributed by atoms with E-state index in [9.17, 15) is 0 Å². The molecule has 0 saturated carbocycles. The molecule has 0 aliphatic rings. The maximum Gasteiger partial charge on any atom is 0.0348 e. The van der Waals surface area contributed by atoms with Crippen LogP contribution in [0.4, 0.5) is 0 Å². The van der Waals surface area contributed by atoms with Gasteiger partial charge in [-0.3, -0.25) is 4.90 Å². The molecule has 2 aromatic carbocycles. The molecule has 1 atom stereocenters. The average Bonchev–Trinajstić information content (AvgIpc) is 2.46. The first-order valence-corrected chi connectivity index (χ1v) is 7.10. The van der Waals surface area contributed by atoms with E-state index in [-0.39, 0.29) is 0 Å². The maximum atomic E-state index is 2.45. The number of benzene rings is 2. The SMILES string of the molecule is CCCC(c1ccccc1)N(C)Cc1ccccc1. The Kier molecular flexibility index (Phi) is 5.17. The van der Waals surface area contributed by atoms with Crippen molar-refractivity contribution in [1.82, 2.24) is 4.90 Å². The molecule has 0 radical (unpaired) electrons. The number of rotatable bonds is 6. The van der Waals surface area contributed by atoms with E-state index in [1.165, 1.54) is 24.0 Å². The predicted molar refractivity (Wildman–Crippen MR) is 82.0 cm³/mol. The van der Waals surface area contributed by atoms with Crippen LogP contribution in [0.5, 0.6) is 0 Å². The van der Waals surface area contributed by atoms with E-state index in [2.05, 4.69) is 79.5 Å². The lowest BCUT2D eigenvalue weighted by atomic mass is 10.0. The molecule has 1 heteroatoms. The van der Waals surface area contributed by atoms with Crippen molar-refractivity contribution in [3.05, 3.63) is 71.8 Å². The van der Waals surface area contributed by atoms with E-state index in [0.29, 0.717) is 6.04 Å². The smallest absolute Gasteiger partial charge is 0.0348 e. The van der Waals surface area contributed by atoms with E-state index >= 15 is 0 Å². The maximum absolute atomic E-state index is 2.45. The van der Waals surface area contributed by atoms with E-state index in [1.54, 1.807) is 0 Å². The van der Waals surface area contributed by atoms with Crippen LogP contribution in [0.3, 0.4) is 0 Å². The molecule has 100 valence electrons. The Bertz CT molecular complexity index is 464. The summed E-state index contributed by atoms with van der Waals surface area (Å²) in [6.07, 6.45) is 2.41. The van der Waals surface area contributed by atoms with Crippen molar-refractivity contribution in [2.24, 2.45) is 0 Å². The number of nitrogens with zero attached hydrogens (tertiary/aromatic N) is 1. The first-order valence-electron chi connectivity index (χ1n) is 7.10. The molecule has 2 rings (SSSR count). The summed E-state index contributed by atoms with van der Waals surface area (Å²) in [5.74, 6) is 0. The zero-order valence-corrected chi connectivity index (χ0v) is 11.9. The minimum atomic E-state index is 0.506. The molecule has 19 heavy (non-hydrogen) atoms. The highest BCUT2D eigenvalue weighted by molar-refractivity contribution is 5.20. The Hall–Kier alpha value is -1.60. The van der Waals surface area contributed by atoms with Gasteiger partial charge in [0, 0.05) is 12.6 Å². The van der Waals surface area contributed by atoms with Gasteiger partial charge in [-0.1, -0.05) is 74.0 Å². The van der Waals surface area contributed by atoms with Gasteiger partial charge >= 0.3 is 0 Å². The summed E-state index contributed by atoms with van der Waals surface area (Å²) in [5.41, 5.74) is 2.80. The normalized spacial score (nSPS) is 12.6. The Labute approximate surface area is 116 Å². The summed E-state index contributed by atoms with van der Waals surface area (Å²) < 4.78 is 0. The lowest BCUT2D eigenvalue weighted by Gasteiger charge is -2.28. The van der Waals surface area contributed by atoms with Crippen molar-refractivity contribution >= 4 is 0 Å². The largest absolute Gasteiger partial charge is 0.295 e. The highest BCUT2D eigenvalue weighted by Gasteiger charge is 2.15. The Morgan fingerprint density at radius 1 is 0.895 bits per heavy atom. The summed E-state index contributed by atoms with van der Waals surface area (Å²) in [4.78, 5) is 2.45. The molecule has 0 fully saturated rings. The molecule has 1 nitrogen and oxygen atoms in total. The van der Waals surface area contributed by atoms with Crippen molar-refractivity contribution < 1.29 is 0 Å². The van der Waals surface area contributed by atoms with Gasteiger partial charge in [0.15, 0.2) is 0 Å². The third kappa shape index (κ3) is 3.93. The second-order valence-electron chi connectivity index (χ2n) is 5.12. The van der Waals surface area contributed by atoms with Crippen molar-refractivity contribution in [1.29, 1.82) is 0 Å². The standard InChI is InChI=1S/C18H23N/c1-3-10-18(17-13-8-5-9-14-17)19(2)15-16-11-6-4-7-12-16/h4-9,11-14,18H,3,10,15H2,1-2H3. The van der Waals surface area contributed by atoms with Crippen molar-refractivity contribution in [3.8, 4) is 0 Å². The van der Waals surface area contributed by atoms with Gasteiger partial charge in [0.1, 0.15) is 0 Å². The lowest BCUT2D eigenvalue weighted by Crippen LogP contribution is -2.24. The summed E-state index contributed by atoms with van der Waals surface area (Å²) in [6, 6.07) is 22.0. The van der Waals surface area contributed by atoms with Gasteiger partial charge in [-0.15, -0.1) is 0 Å². The zero-order valence-electron chi connectivity index (χ0n) is 11.9. The van der Waals surface area contributed by atoms with Gasteiger partial charge in [-0.25, -0.2) is 0 Å². The quantitative estimate of drug-likeness (QED) is 0.723. The molecule has 0 heterocycles. The average molecular weight is 253 g/mol. The van der Waals surface area contributed by atoms with Crippen LogP contribution in [0.1, 0.15) is 36.9 Å². The van der Waals surface area contributed by atoms with Crippen LogP contribution in [-0.4, -0.2) is 11.9 Å². The van der Waals surface area contributed by atoms with Gasteiger partial charge in [-0.2, -0.15) is 0 Å². The number of hydrogen-bond acceptors (Lipinski definition) is 1. The van der Waals surface area contributed by atoms with Crippen LogP contribution >= 0.6 is 0 Å². The highest BCUT2D eigenvalue weighted by Crippen LogP contribution is 2.25. The first-order chi connectivity index (χ1) is 9.31. The molecular weight excluding hydrogens is 230 g/mol. The number of hydrogen-bond donors (Lipinski definition) is 0. The molecule has 0 aliphatic heterocycles. The summed E-state index contributed by atoms with van der Waals surface area (Å²) in [5, 5.41) is 0. The molecular formula is C18H23N. The van der Waals surface area contributed by atoms with Crippen LogP contribution in [0.25, 0.3) is 0 Å². The minimum absolute atomic E-state index is 0.506. The van der Waals surface area contributed by atoms with Gasteiger partial charge in [0.05, 0.1) is 0 Å². The Morgan fingerprint density at radius 3 is 2.05 bits per heavy atom. The van der Waals surface area contributed by atoms with Gasteiger partial charge < -0.3 is 0 Å². The lowest BCUT2D eigenvalue weighted by molar-refractivity contribution is 0.223. The van der Waals surface area contributed by atoms with Crippen LogP contribution < -0.4 is 0 Å². The third-order valence-electron chi connectivity index (χ3n) is 3.55. The van der Waals surface area contributed by atoms with E-state index < -0.39 is 0 Å². The first kappa shape index (κ1) is 13.8. The second kappa shape index (κ2) is 7.10. The van der Waals surface area contributed by atoms with Gasteiger partial charge in [0.2, 0.25) is 0 Å². The molecule has 0 amide bonds. The van der Waals surface area contributed by atoms with Crippen LogP contribution in [-0.2, 0) is 6.54 Å². The molecule has 0 bridgehead atoms. The van der Waals surface area contributed by atoms with Crippen molar-refractivity contribution in [3.63, 3.8) is 0 Å². The molecule has 1 unspecified atom stereocenters. The summed E-state index contributed by atoms with van der Waals surface area (Å²) in [7, 11) is 2.22. The molecule has 0 spiro atoms. The monoisotopic (exact) mass is 253 g/mol. The topological polar surface area (TPSA) is 3.24 Å². The molecule has 0 saturated heterocycles. The highest BCUT2D eigenvalue weighted by atomic mass is 15.1. The second-order valence-corrected chi connectivity index (χ2v) is 5.12. The fraction of sp³-hybridized carbons (Fsp3) is 0.333. The Balaban J connectivity index is 2.11. The minimum Gasteiger partial charge on any atom is -0.295 e. The van der Waals surface area contributed by atoms with Crippen molar-refractivity contribution in [2.75, 3.05) is 7.05 Å². The fourth-order valence-corrected chi connectivity index (χ4v) is 2.57. The summed E-state index contributed by atoms with van der Waals surface area (Å²) >= 11 is 0. The molecule has 0 N–H and O–H groups in total.